The third kappa shape index (κ3) is 3.82. The SMILES string of the molecule is O=C1Cc2ccc(C(=O)NCCCOCC3CC3)cc2N1. The molecule has 5 heteroatoms. The molecule has 0 bridgehead atoms. The van der Waals surface area contributed by atoms with E-state index in [-0.39, 0.29) is 11.8 Å². The van der Waals surface area contributed by atoms with Gasteiger partial charge in [0, 0.05) is 31.0 Å². The Kier molecular flexibility index (Phi) is 4.20. The van der Waals surface area contributed by atoms with Crippen LogP contribution in [-0.4, -0.2) is 31.6 Å². The number of nitrogens with one attached hydrogen (secondary N) is 2. The fraction of sp³-hybridized carbons (Fsp3) is 0.500. The molecule has 1 fully saturated rings. The van der Waals surface area contributed by atoms with Gasteiger partial charge in [-0.15, -0.1) is 0 Å². The third-order valence-electron chi connectivity index (χ3n) is 3.80. The number of ether oxygens (including phenoxy) is 1. The van der Waals surface area contributed by atoms with Crippen molar-refractivity contribution in [2.75, 3.05) is 25.1 Å². The molecule has 0 atom stereocenters. The smallest absolute Gasteiger partial charge is 0.251 e. The first-order valence-electron chi connectivity index (χ1n) is 7.51. The number of fused-ring (bicyclic) bond motifs is 1. The zero-order valence-electron chi connectivity index (χ0n) is 12.0. The van der Waals surface area contributed by atoms with E-state index in [1.807, 2.05) is 6.07 Å². The van der Waals surface area contributed by atoms with Gasteiger partial charge in [-0.3, -0.25) is 9.59 Å². The lowest BCUT2D eigenvalue weighted by Gasteiger charge is -2.07. The molecule has 1 heterocycles. The Morgan fingerprint density at radius 1 is 1.38 bits per heavy atom. The van der Waals surface area contributed by atoms with Crippen LogP contribution in [-0.2, 0) is 16.0 Å². The van der Waals surface area contributed by atoms with E-state index in [0.29, 0.717) is 25.1 Å². The summed E-state index contributed by atoms with van der Waals surface area (Å²) < 4.78 is 5.52. The second-order valence-corrected chi connectivity index (χ2v) is 5.72. The molecule has 112 valence electrons. The summed E-state index contributed by atoms with van der Waals surface area (Å²) in [7, 11) is 0. The summed E-state index contributed by atoms with van der Waals surface area (Å²) in [6, 6.07) is 5.33. The monoisotopic (exact) mass is 288 g/mol. The molecule has 0 radical (unpaired) electrons. The van der Waals surface area contributed by atoms with E-state index in [1.165, 1.54) is 12.8 Å². The minimum absolute atomic E-state index is 0.0182. The van der Waals surface area contributed by atoms with E-state index in [1.54, 1.807) is 12.1 Å². The number of carbonyl (C=O) groups is 2. The van der Waals surface area contributed by atoms with Crippen LogP contribution in [0.25, 0.3) is 0 Å². The maximum Gasteiger partial charge on any atom is 0.251 e. The molecule has 2 amide bonds. The molecule has 1 saturated carbocycles. The zero-order valence-corrected chi connectivity index (χ0v) is 12.0. The highest BCUT2D eigenvalue weighted by Crippen LogP contribution is 2.28. The van der Waals surface area contributed by atoms with Gasteiger partial charge < -0.3 is 15.4 Å². The van der Waals surface area contributed by atoms with Crippen LogP contribution >= 0.6 is 0 Å². The third-order valence-corrected chi connectivity index (χ3v) is 3.80. The normalized spacial score (nSPS) is 16.5. The molecule has 1 aromatic rings. The molecule has 1 aliphatic carbocycles. The van der Waals surface area contributed by atoms with E-state index >= 15 is 0 Å². The molecule has 21 heavy (non-hydrogen) atoms. The average molecular weight is 288 g/mol. The van der Waals surface area contributed by atoms with Crippen molar-refractivity contribution in [3.8, 4) is 0 Å². The van der Waals surface area contributed by atoms with Crippen LogP contribution in [0.1, 0.15) is 35.2 Å². The maximum atomic E-state index is 12.0. The van der Waals surface area contributed by atoms with Crippen LogP contribution in [0.3, 0.4) is 0 Å². The highest BCUT2D eigenvalue weighted by Gasteiger charge is 2.21. The topological polar surface area (TPSA) is 67.4 Å². The Morgan fingerprint density at radius 3 is 3.05 bits per heavy atom. The van der Waals surface area contributed by atoms with Crippen molar-refractivity contribution in [3.05, 3.63) is 29.3 Å². The molecule has 1 aliphatic heterocycles. The molecule has 1 aromatic carbocycles. The molecular formula is C16H20N2O3. The summed E-state index contributed by atoms with van der Waals surface area (Å²) in [5.41, 5.74) is 2.28. The predicted molar refractivity (Wildman–Crippen MR) is 79.3 cm³/mol. The number of carbonyl (C=O) groups excluding carboxylic acids is 2. The molecule has 2 N–H and O–H groups in total. The van der Waals surface area contributed by atoms with Gasteiger partial charge in [0.2, 0.25) is 5.91 Å². The van der Waals surface area contributed by atoms with Crippen molar-refractivity contribution in [2.24, 2.45) is 5.92 Å². The van der Waals surface area contributed by atoms with Crippen LogP contribution in [0.15, 0.2) is 18.2 Å². The number of hydrogen-bond donors (Lipinski definition) is 2. The minimum Gasteiger partial charge on any atom is -0.381 e. The standard InChI is InChI=1S/C16H20N2O3/c19-15-9-12-4-5-13(8-14(12)18-15)16(20)17-6-1-7-21-10-11-2-3-11/h4-5,8,11H,1-3,6-7,9-10H2,(H,17,20)(H,18,19). The largest absolute Gasteiger partial charge is 0.381 e. The Hall–Kier alpha value is -1.88. The van der Waals surface area contributed by atoms with Crippen molar-refractivity contribution in [2.45, 2.75) is 25.7 Å². The fourth-order valence-corrected chi connectivity index (χ4v) is 2.37. The lowest BCUT2D eigenvalue weighted by molar-refractivity contribution is -0.115. The molecule has 5 nitrogen and oxygen atoms in total. The average Bonchev–Trinajstić information content (AvgIpc) is 3.21. The Labute approximate surface area is 124 Å². The second kappa shape index (κ2) is 6.26. The van der Waals surface area contributed by atoms with E-state index in [9.17, 15) is 9.59 Å². The van der Waals surface area contributed by atoms with Crippen LogP contribution < -0.4 is 10.6 Å². The van der Waals surface area contributed by atoms with Gasteiger partial charge >= 0.3 is 0 Å². The van der Waals surface area contributed by atoms with Crippen LogP contribution in [0.4, 0.5) is 5.69 Å². The van der Waals surface area contributed by atoms with Gasteiger partial charge in [-0.25, -0.2) is 0 Å². The summed E-state index contributed by atoms with van der Waals surface area (Å²) >= 11 is 0. The van der Waals surface area contributed by atoms with Gasteiger partial charge in [-0.1, -0.05) is 6.07 Å². The van der Waals surface area contributed by atoms with Gasteiger partial charge in [0.1, 0.15) is 0 Å². The van der Waals surface area contributed by atoms with Gasteiger partial charge in [0.25, 0.3) is 5.91 Å². The van der Waals surface area contributed by atoms with Crippen molar-refractivity contribution >= 4 is 17.5 Å². The summed E-state index contributed by atoms with van der Waals surface area (Å²) in [5, 5.41) is 5.63. The van der Waals surface area contributed by atoms with Gasteiger partial charge in [0.05, 0.1) is 6.42 Å². The second-order valence-electron chi connectivity index (χ2n) is 5.72. The van der Waals surface area contributed by atoms with Gasteiger partial charge in [-0.2, -0.15) is 0 Å². The Balaban J connectivity index is 1.40. The number of rotatable bonds is 7. The lowest BCUT2D eigenvalue weighted by Crippen LogP contribution is -2.25. The number of benzene rings is 1. The van der Waals surface area contributed by atoms with Crippen LogP contribution in [0.2, 0.25) is 0 Å². The van der Waals surface area contributed by atoms with E-state index in [4.69, 9.17) is 4.74 Å². The van der Waals surface area contributed by atoms with E-state index in [0.717, 1.165) is 30.2 Å². The van der Waals surface area contributed by atoms with E-state index < -0.39 is 0 Å². The number of amides is 2. The zero-order chi connectivity index (χ0) is 14.7. The van der Waals surface area contributed by atoms with Crippen LogP contribution in [0.5, 0.6) is 0 Å². The van der Waals surface area contributed by atoms with Crippen molar-refractivity contribution in [1.82, 2.24) is 5.32 Å². The first kappa shape index (κ1) is 14.1. The molecule has 0 spiro atoms. The summed E-state index contributed by atoms with van der Waals surface area (Å²) in [6.07, 6.45) is 3.81. The number of anilines is 1. The quantitative estimate of drug-likeness (QED) is 0.751. The first-order valence-corrected chi connectivity index (χ1v) is 7.51. The molecule has 0 unspecified atom stereocenters. The summed E-state index contributed by atoms with van der Waals surface area (Å²) in [4.78, 5) is 23.3. The van der Waals surface area contributed by atoms with Crippen LogP contribution in [0, 0.1) is 5.92 Å². The Bertz CT molecular complexity index is 552. The number of hydrogen-bond acceptors (Lipinski definition) is 3. The molecule has 0 aromatic heterocycles. The highest BCUT2D eigenvalue weighted by molar-refractivity contribution is 6.02. The van der Waals surface area contributed by atoms with Gasteiger partial charge in [-0.05, 0) is 42.9 Å². The van der Waals surface area contributed by atoms with E-state index in [2.05, 4.69) is 10.6 Å². The van der Waals surface area contributed by atoms with Gasteiger partial charge in [0.15, 0.2) is 0 Å². The predicted octanol–water partition coefficient (Wildman–Crippen LogP) is 1.73. The molecular weight excluding hydrogens is 268 g/mol. The molecule has 0 saturated heterocycles. The lowest BCUT2D eigenvalue weighted by atomic mass is 10.1. The first-order chi connectivity index (χ1) is 10.2. The molecule has 2 aliphatic rings. The van der Waals surface area contributed by atoms with Crippen molar-refractivity contribution < 1.29 is 14.3 Å². The fourth-order valence-electron chi connectivity index (χ4n) is 2.37. The Morgan fingerprint density at radius 2 is 2.24 bits per heavy atom. The summed E-state index contributed by atoms with van der Waals surface area (Å²) in [6.45, 7) is 2.16. The van der Waals surface area contributed by atoms with Crippen molar-refractivity contribution in [1.29, 1.82) is 0 Å². The maximum absolute atomic E-state index is 12.0. The van der Waals surface area contributed by atoms with Crippen molar-refractivity contribution in [3.63, 3.8) is 0 Å². The minimum atomic E-state index is -0.110. The highest BCUT2D eigenvalue weighted by atomic mass is 16.5. The summed E-state index contributed by atoms with van der Waals surface area (Å²) in [5.74, 6) is 0.651. The molecule has 3 rings (SSSR count).